The molecule has 1 N–H and O–H groups in total. The number of benzene rings is 2. The minimum atomic E-state index is -0.356. The van der Waals surface area contributed by atoms with Gasteiger partial charge in [0.05, 0.1) is 5.39 Å². The predicted molar refractivity (Wildman–Crippen MR) is 125 cm³/mol. The molecule has 32 heavy (non-hydrogen) atoms. The van der Waals surface area contributed by atoms with Crippen LogP contribution in [0.15, 0.2) is 65.5 Å². The predicted octanol–water partition coefficient (Wildman–Crippen LogP) is 3.90. The van der Waals surface area contributed by atoms with Gasteiger partial charge in [0.2, 0.25) is 5.91 Å². The van der Waals surface area contributed by atoms with Gasteiger partial charge in [-0.05, 0) is 37.0 Å². The Morgan fingerprint density at radius 1 is 1.03 bits per heavy atom. The van der Waals surface area contributed by atoms with E-state index < -0.39 is 0 Å². The third-order valence-corrected chi connectivity index (χ3v) is 7.10. The van der Waals surface area contributed by atoms with Gasteiger partial charge in [-0.25, -0.2) is 9.78 Å². The van der Waals surface area contributed by atoms with Gasteiger partial charge in [0.1, 0.15) is 11.4 Å². The van der Waals surface area contributed by atoms with Crippen molar-refractivity contribution in [3.63, 3.8) is 0 Å². The summed E-state index contributed by atoms with van der Waals surface area (Å²) in [6.45, 7) is -0.0832. The molecule has 0 bridgehead atoms. The number of nitrogens with one attached hydrogen (secondary N) is 1. The molecule has 0 unspecified atom stereocenters. The highest BCUT2D eigenvalue weighted by Gasteiger charge is 2.26. The fraction of sp³-hybridized carbons (Fsp3) is 0.167. The van der Waals surface area contributed by atoms with E-state index in [0.717, 1.165) is 35.0 Å². The normalized spacial score (nSPS) is 13.0. The van der Waals surface area contributed by atoms with E-state index in [9.17, 15) is 9.59 Å². The van der Waals surface area contributed by atoms with Crippen molar-refractivity contribution < 1.29 is 4.79 Å². The van der Waals surface area contributed by atoms with E-state index in [2.05, 4.69) is 10.4 Å². The Kier molecular flexibility index (Phi) is 4.39. The SMILES string of the molecule is O=C(Cn1c(=O)n2nc(-c3ccccc3)nc2c2c3c(sc21)CCC3)Nc1ccccc1. The molecule has 1 aliphatic carbocycles. The van der Waals surface area contributed by atoms with E-state index in [1.807, 2.05) is 60.7 Å². The zero-order valence-electron chi connectivity index (χ0n) is 17.1. The molecular weight excluding hydrogens is 422 g/mol. The molecule has 0 fully saturated rings. The number of rotatable bonds is 4. The molecule has 8 heteroatoms. The van der Waals surface area contributed by atoms with Crippen molar-refractivity contribution in [3.8, 4) is 11.4 Å². The average molecular weight is 442 g/mol. The molecule has 5 aromatic rings. The number of carbonyl (C=O) groups is 1. The summed E-state index contributed by atoms with van der Waals surface area (Å²) in [5.74, 6) is 0.254. The average Bonchev–Trinajstić information content (AvgIpc) is 3.52. The van der Waals surface area contributed by atoms with Gasteiger partial charge in [-0.1, -0.05) is 48.5 Å². The lowest BCUT2D eigenvalue weighted by molar-refractivity contribution is -0.116. The zero-order valence-corrected chi connectivity index (χ0v) is 17.9. The Labute approximate surface area is 187 Å². The second kappa shape index (κ2) is 7.42. The Bertz CT molecular complexity index is 1530. The first-order chi connectivity index (χ1) is 15.7. The van der Waals surface area contributed by atoms with Gasteiger partial charge in [-0.15, -0.1) is 16.4 Å². The maximum absolute atomic E-state index is 13.5. The van der Waals surface area contributed by atoms with E-state index in [4.69, 9.17) is 4.98 Å². The lowest BCUT2D eigenvalue weighted by Gasteiger charge is -2.09. The van der Waals surface area contributed by atoms with Gasteiger partial charge >= 0.3 is 5.69 Å². The third-order valence-electron chi connectivity index (χ3n) is 5.78. The van der Waals surface area contributed by atoms with Crippen LogP contribution in [0.5, 0.6) is 0 Å². The molecular formula is C24H19N5O2S. The first-order valence-electron chi connectivity index (χ1n) is 10.5. The van der Waals surface area contributed by atoms with Crippen LogP contribution in [-0.4, -0.2) is 25.1 Å². The standard InChI is InChI=1S/C24H19N5O2S/c30-19(25-16-10-5-2-6-11-16)14-28-23-20(17-12-7-13-18(17)32-23)22-26-21(27-29(22)24(28)31)15-8-3-1-4-9-15/h1-6,8-11H,7,12-14H2,(H,25,30). The Balaban J connectivity index is 1.52. The Morgan fingerprint density at radius 2 is 1.78 bits per heavy atom. The molecule has 0 saturated heterocycles. The number of hydrogen-bond acceptors (Lipinski definition) is 5. The van der Waals surface area contributed by atoms with E-state index in [1.54, 1.807) is 11.3 Å². The number of fused-ring (bicyclic) bond motifs is 5. The summed E-state index contributed by atoms with van der Waals surface area (Å²) in [4.78, 5) is 33.1. The monoisotopic (exact) mass is 441 g/mol. The molecule has 3 aromatic heterocycles. The van der Waals surface area contributed by atoms with E-state index in [1.165, 1.54) is 19.5 Å². The molecule has 0 radical (unpaired) electrons. The van der Waals surface area contributed by atoms with Crippen LogP contribution in [0.2, 0.25) is 0 Å². The maximum Gasteiger partial charge on any atom is 0.352 e. The minimum Gasteiger partial charge on any atom is -0.325 e. The van der Waals surface area contributed by atoms with E-state index in [0.29, 0.717) is 17.2 Å². The van der Waals surface area contributed by atoms with Crippen molar-refractivity contribution in [1.82, 2.24) is 19.2 Å². The summed E-state index contributed by atoms with van der Waals surface area (Å²) in [5, 5.41) is 8.35. The summed E-state index contributed by atoms with van der Waals surface area (Å²) in [6.07, 6.45) is 3.04. The maximum atomic E-state index is 13.5. The summed E-state index contributed by atoms with van der Waals surface area (Å²) < 4.78 is 2.89. The second-order valence-corrected chi connectivity index (χ2v) is 8.94. The van der Waals surface area contributed by atoms with Crippen LogP contribution in [0.25, 0.3) is 27.3 Å². The number of amides is 1. The first kappa shape index (κ1) is 18.9. The molecule has 158 valence electrons. The molecule has 1 aliphatic rings. The molecule has 0 aliphatic heterocycles. The smallest absolute Gasteiger partial charge is 0.325 e. The highest BCUT2D eigenvalue weighted by molar-refractivity contribution is 7.19. The van der Waals surface area contributed by atoms with Crippen LogP contribution >= 0.6 is 11.3 Å². The summed E-state index contributed by atoms with van der Waals surface area (Å²) in [7, 11) is 0. The van der Waals surface area contributed by atoms with E-state index in [-0.39, 0.29) is 18.1 Å². The van der Waals surface area contributed by atoms with Crippen LogP contribution in [0.4, 0.5) is 5.69 Å². The second-order valence-electron chi connectivity index (χ2n) is 7.86. The summed E-state index contributed by atoms with van der Waals surface area (Å²) in [5.41, 5.74) is 3.00. The third kappa shape index (κ3) is 3.03. The van der Waals surface area contributed by atoms with Gasteiger partial charge in [-0.3, -0.25) is 9.36 Å². The first-order valence-corrected chi connectivity index (χ1v) is 11.3. The molecule has 7 nitrogen and oxygen atoms in total. The molecule has 0 spiro atoms. The van der Waals surface area contributed by atoms with Crippen LogP contribution in [0, 0.1) is 0 Å². The van der Waals surface area contributed by atoms with Crippen molar-refractivity contribution in [2.75, 3.05) is 5.32 Å². The molecule has 2 aromatic carbocycles. The molecule has 0 atom stereocenters. The highest BCUT2D eigenvalue weighted by atomic mass is 32.1. The number of aryl methyl sites for hydroxylation is 2. The largest absolute Gasteiger partial charge is 0.352 e. The lowest BCUT2D eigenvalue weighted by Crippen LogP contribution is -2.32. The molecule has 6 rings (SSSR count). The molecule has 0 saturated carbocycles. The van der Waals surface area contributed by atoms with Crippen molar-refractivity contribution in [3.05, 3.63) is 81.6 Å². The van der Waals surface area contributed by atoms with Crippen LogP contribution < -0.4 is 11.0 Å². The number of nitrogens with zero attached hydrogens (tertiary/aromatic N) is 4. The topological polar surface area (TPSA) is 81.3 Å². The van der Waals surface area contributed by atoms with Crippen molar-refractivity contribution in [2.45, 2.75) is 25.8 Å². The number of para-hydroxylation sites is 1. The highest BCUT2D eigenvalue weighted by Crippen LogP contribution is 2.38. The van der Waals surface area contributed by atoms with Crippen molar-refractivity contribution in [2.24, 2.45) is 0 Å². The van der Waals surface area contributed by atoms with Gasteiger partial charge in [-0.2, -0.15) is 4.52 Å². The quantitative estimate of drug-likeness (QED) is 0.459. The van der Waals surface area contributed by atoms with Crippen LogP contribution in [0.1, 0.15) is 16.9 Å². The zero-order chi connectivity index (χ0) is 21.7. The number of anilines is 1. The Hall–Kier alpha value is -3.78. The van der Waals surface area contributed by atoms with Crippen LogP contribution in [0.3, 0.4) is 0 Å². The molecule has 3 heterocycles. The lowest BCUT2D eigenvalue weighted by atomic mass is 10.2. The van der Waals surface area contributed by atoms with Gasteiger partial charge in [0.25, 0.3) is 0 Å². The molecule has 1 amide bonds. The summed E-state index contributed by atoms with van der Waals surface area (Å²) >= 11 is 1.60. The van der Waals surface area contributed by atoms with Gasteiger partial charge in [0.15, 0.2) is 11.5 Å². The van der Waals surface area contributed by atoms with E-state index >= 15 is 0 Å². The number of aromatic nitrogens is 4. The van der Waals surface area contributed by atoms with Crippen molar-refractivity contribution in [1.29, 1.82) is 0 Å². The number of thiophene rings is 1. The number of hydrogen-bond donors (Lipinski definition) is 1. The Morgan fingerprint density at radius 3 is 2.56 bits per heavy atom. The fourth-order valence-corrected chi connectivity index (χ4v) is 5.71. The van der Waals surface area contributed by atoms with Gasteiger partial charge < -0.3 is 5.32 Å². The van der Waals surface area contributed by atoms with Crippen LogP contribution in [-0.2, 0) is 24.2 Å². The summed E-state index contributed by atoms with van der Waals surface area (Å²) in [6, 6.07) is 18.9. The minimum absolute atomic E-state index is 0.0832. The fourth-order valence-electron chi connectivity index (χ4n) is 4.33. The number of carbonyl (C=O) groups excluding carboxylic acids is 1. The van der Waals surface area contributed by atoms with Gasteiger partial charge in [0, 0.05) is 16.1 Å². The van der Waals surface area contributed by atoms with Crippen molar-refractivity contribution >= 4 is 38.8 Å².